The van der Waals surface area contributed by atoms with Gasteiger partial charge in [0, 0.05) is 35.6 Å². The number of ether oxygens (including phenoxy) is 1. The third kappa shape index (κ3) is 6.36. The van der Waals surface area contributed by atoms with Gasteiger partial charge in [0.15, 0.2) is 0 Å². The van der Waals surface area contributed by atoms with Gasteiger partial charge < -0.3 is 15.4 Å². The number of hydrogen-bond donors (Lipinski definition) is 2. The van der Waals surface area contributed by atoms with Crippen LogP contribution >= 0.6 is 31.9 Å². The van der Waals surface area contributed by atoms with Crippen LogP contribution in [0.2, 0.25) is 0 Å². The number of carbonyl (C=O) groups excluding carboxylic acids is 1. The summed E-state index contributed by atoms with van der Waals surface area (Å²) >= 11 is 6.94. The van der Waals surface area contributed by atoms with E-state index in [4.69, 9.17) is 4.74 Å². The highest BCUT2D eigenvalue weighted by Crippen LogP contribution is 2.32. The summed E-state index contributed by atoms with van der Waals surface area (Å²) < 4.78 is 7.28. The lowest BCUT2D eigenvalue weighted by molar-refractivity contribution is -0.121. The van der Waals surface area contributed by atoms with E-state index in [0.29, 0.717) is 19.5 Å². The Morgan fingerprint density at radius 1 is 1.38 bits per heavy atom. The van der Waals surface area contributed by atoms with Gasteiger partial charge in [-0.3, -0.25) is 4.79 Å². The standard InChI is InChI=1S/C15H22Br2N2O2/c1-4-10(2)19-14(20)5-6-18-9-11-7-12(16)8-13(17)15(11)21-3/h7-8,10,18H,4-6,9H2,1-3H3,(H,19,20). The molecule has 0 aliphatic carbocycles. The molecule has 1 aromatic carbocycles. The lowest BCUT2D eigenvalue weighted by Crippen LogP contribution is -2.33. The van der Waals surface area contributed by atoms with Crippen molar-refractivity contribution in [3.8, 4) is 5.75 Å². The Kier molecular flexibility index (Phi) is 8.29. The van der Waals surface area contributed by atoms with E-state index in [0.717, 1.165) is 26.7 Å². The second-order valence-electron chi connectivity index (χ2n) is 4.88. The lowest BCUT2D eigenvalue weighted by Gasteiger charge is -2.13. The predicted octanol–water partition coefficient (Wildman–Crippen LogP) is 3.61. The average molecular weight is 422 g/mol. The Hall–Kier alpha value is -0.590. The monoisotopic (exact) mass is 420 g/mol. The molecule has 21 heavy (non-hydrogen) atoms. The minimum atomic E-state index is 0.0826. The van der Waals surface area contributed by atoms with Crippen LogP contribution in [0.15, 0.2) is 21.1 Å². The third-order valence-corrected chi connectivity index (χ3v) is 4.20. The summed E-state index contributed by atoms with van der Waals surface area (Å²) in [4.78, 5) is 11.7. The number of nitrogens with one attached hydrogen (secondary N) is 2. The Morgan fingerprint density at radius 3 is 2.71 bits per heavy atom. The molecule has 1 atom stereocenters. The molecule has 1 unspecified atom stereocenters. The van der Waals surface area contributed by atoms with Crippen molar-refractivity contribution in [2.75, 3.05) is 13.7 Å². The zero-order valence-electron chi connectivity index (χ0n) is 12.6. The highest BCUT2D eigenvalue weighted by molar-refractivity contribution is 9.11. The van der Waals surface area contributed by atoms with Crippen LogP contribution in [-0.2, 0) is 11.3 Å². The second kappa shape index (κ2) is 9.43. The topological polar surface area (TPSA) is 50.4 Å². The molecule has 0 bridgehead atoms. The van der Waals surface area contributed by atoms with Crippen molar-refractivity contribution >= 4 is 37.8 Å². The van der Waals surface area contributed by atoms with Crippen molar-refractivity contribution in [2.45, 2.75) is 39.3 Å². The minimum Gasteiger partial charge on any atom is -0.495 e. The van der Waals surface area contributed by atoms with E-state index < -0.39 is 0 Å². The molecule has 0 heterocycles. The summed E-state index contributed by atoms with van der Waals surface area (Å²) in [5.41, 5.74) is 1.04. The van der Waals surface area contributed by atoms with Crippen molar-refractivity contribution in [3.63, 3.8) is 0 Å². The number of hydrogen-bond acceptors (Lipinski definition) is 3. The SMILES string of the molecule is CCC(C)NC(=O)CCNCc1cc(Br)cc(Br)c1OC. The molecule has 1 aromatic rings. The molecular weight excluding hydrogens is 400 g/mol. The molecule has 0 aliphatic heterocycles. The molecule has 1 rings (SSSR count). The first-order valence-electron chi connectivity index (χ1n) is 6.99. The molecule has 2 N–H and O–H groups in total. The maximum atomic E-state index is 11.7. The predicted molar refractivity (Wildman–Crippen MR) is 92.6 cm³/mol. The zero-order valence-corrected chi connectivity index (χ0v) is 15.8. The Balaban J connectivity index is 2.44. The first-order valence-corrected chi connectivity index (χ1v) is 8.58. The molecule has 0 radical (unpaired) electrons. The summed E-state index contributed by atoms with van der Waals surface area (Å²) in [6.07, 6.45) is 1.42. The zero-order chi connectivity index (χ0) is 15.8. The fraction of sp³-hybridized carbons (Fsp3) is 0.533. The van der Waals surface area contributed by atoms with E-state index in [1.54, 1.807) is 7.11 Å². The van der Waals surface area contributed by atoms with E-state index in [9.17, 15) is 4.79 Å². The van der Waals surface area contributed by atoms with Gasteiger partial charge in [0.05, 0.1) is 11.6 Å². The summed E-state index contributed by atoms with van der Waals surface area (Å²) in [6.45, 7) is 5.35. The molecule has 0 spiro atoms. The number of rotatable bonds is 8. The minimum absolute atomic E-state index is 0.0826. The van der Waals surface area contributed by atoms with Crippen molar-refractivity contribution in [1.82, 2.24) is 10.6 Å². The largest absolute Gasteiger partial charge is 0.495 e. The normalized spacial score (nSPS) is 12.0. The van der Waals surface area contributed by atoms with E-state index in [2.05, 4.69) is 49.4 Å². The van der Waals surface area contributed by atoms with Crippen LogP contribution in [0, 0.1) is 0 Å². The first kappa shape index (κ1) is 18.5. The molecule has 4 nitrogen and oxygen atoms in total. The van der Waals surface area contributed by atoms with E-state index >= 15 is 0 Å². The number of methoxy groups -OCH3 is 1. The van der Waals surface area contributed by atoms with E-state index in [1.807, 2.05) is 19.1 Å². The van der Waals surface area contributed by atoms with Crippen LogP contribution in [0.4, 0.5) is 0 Å². The molecule has 0 fully saturated rings. The Labute approximate surface area is 143 Å². The van der Waals surface area contributed by atoms with Gasteiger partial charge >= 0.3 is 0 Å². The van der Waals surface area contributed by atoms with Gasteiger partial charge in [0.25, 0.3) is 0 Å². The van der Waals surface area contributed by atoms with Gasteiger partial charge in [-0.05, 0) is 41.4 Å². The van der Waals surface area contributed by atoms with Gasteiger partial charge in [-0.15, -0.1) is 0 Å². The van der Waals surface area contributed by atoms with Gasteiger partial charge in [-0.25, -0.2) is 0 Å². The average Bonchev–Trinajstić information content (AvgIpc) is 2.43. The molecular formula is C15H22Br2N2O2. The molecule has 0 saturated heterocycles. The molecule has 0 aromatic heterocycles. The molecule has 0 aliphatic rings. The first-order chi connectivity index (χ1) is 9.97. The van der Waals surface area contributed by atoms with Crippen LogP contribution in [-0.4, -0.2) is 25.6 Å². The Bertz CT molecular complexity index is 481. The van der Waals surface area contributed by atoms with Gasteiger partial charge in [-0.1, -0.05) is 22.9 Å². The van der Waals surface area contributed by atoms with Crippen LogP contribution in [0.3, 0.4) is 0 Å². The van der Waals surface area contributed by atoms with Gasteiger partial charge in [-0.2, -0.15) is 0 Å². The molecule has 6 heteroatoms. The smallest absolute Gasteiger partial charge is 0.221 e. The summed E-state index contributed by atoms with van der Waals surface area (Å²) in [6, 6.07) is 4.19. The number of amides is 1. The van der Waals surface area contributed by atoms with Crippen molar-refractivity contribution in [3.05, 3.63) is 26.6 Å². The fourth-order valence-corrected chi connectivity index (χ4v) is 3.32. The quantitative estimate of drug-likeness (QED) is 0.630. The second-order valence-corrected chi connectivity index (χ2v) is 6.65. The lowest BCUT2D eigenvalue weighted by atomic mass is 10.2. The summed E-state index contributed by atoms with van der Waals surface area (Å²) in [5.74, 6) is 0.897. The van der Waals surface area contributed by atoms with E-state index in [1.165, 1.54) is 0 Å². The maximum absolute atomic E-state index is 11.7. The van der Waals surface area contributed by atoms with Crippen molar-refractivity contribution in [1.29, 1.82) is 0 Å². The third-order valence-electron chi connectivity index (χ3n) is 3.15. The van der Waals surface area contributed by atoms with Crippen LogP contribution in [0.5, 0.6) is 5.75 Å². The van der Waals surface area contributed by atoms with Crippen molar-refractivity contribution in [2.24, 2.45) is 0 Å². The number of benzene rings is 1. The van der Waals surface area contributed by atoms with Crippen LogP contribution in [0.25, 0.3) is 0 Å². The van der Waals surface area contributed by atoms with Gasteiger partial charge in [0.2, 0.25) is 5.91 Å². The highest BCUT2D eigenvalue weighted by Gasteiger charge is 2.09. The molecule has 1 amide bonds. The maximum Gasteiger partial charge on any atom is 0.221 e. The van der Waals surface area contributed by atoms with Crippen LogP contribution < -0.4 is 15.4 Å². The molecule has 0 saturated carbocycles. The fourth-order valence-electron chi connectivity index (χ4n) is 1.85. The van der Waals surface area contributed by atoms with Crippen molar-refractivity contribution < 1.29 is 9.53 Å². The van der Waals surface area contributed by atoms with Gasteiger partial charge in [0.1, 0.15) is 5.75 Å². The van der Waals surface area contributed by atoms with E-state index in [-0.39, 0.29) is 11.9 Å². The highest BCUT2D eigenvalue weighted by atomic mass is 79.9. The number of halogens is 2. The number of carbonyl (C=O) groups is 1. The van der Waals surface area contributed by atoms with Crippen LogP contribution in [0.1, 0.15) is 32.3 Å². The Morgan fingerprint density at radius 2 is 2.10 bits per heavy atom. The summed E-state index contributed by atoms with van der Waals surface area (Å²) in [5, 5.41) is 6.22. The summed E-state index contributed by atoms with van der Waals surface area (Å²) in [7, 11) is 1.65. The molecule has 118 valence electrons.